The summed E-state index contributed by atoms with van der Waals surface area (Å²) in [6.07, 6.45) is 4.80. The van der Waals surface area contributed by atoms with Crippen LogP contribution in [0.5, 0.6) is 0 Å². The van der Waals surface area contributed by atoms with Crippen molar-refractivity contribution in [3.63, 3.8) is 0 Å². The summed E-state index contributed by atoms with van der Waals surface area (Å²) in [6.45, 7) is 5.27. The predicted octanol–water partition coefficient (Wildman–Crippen LogP) is 0.545. The van der Waals surface area contributed by atoms with E-state index in [9.17, 15) is 4.79 Å². The second-order valence-electron chi connectivity index (χ2n) is 2.22. The number of amides is 1. The zero-order valence-corrected chi connectivity index (χ0v) is 6.32. The Hall–Kier alpha value is -1.25. The molecule has 0 atom stereocenters. The van der Waals surface area contributed by atoms with E-state index in [1.54, 1.807) is 11.0 Å². The lowest BCUT2D eigenvalue weighted by atomic mass is 10.5. The predicted molar refractivity (Wildman–Crippen MR) is 41.9 cm³/mol. The van der Waals surface area contributed by atoms with Crippen molar-refractivity contribution in [1.29, 1.82) is 0 Å². The summed E-state index contributed by atoms with van der Waals surface area (Å²) in [5, 5.41) is 0. The van der Waals surface area contributed by atoms with Gasteiger partial charge in [0.15, 0.2) is 0 Å². The summed E-state index contributed by atoms with van der Waals surface area (Å²) in [4.78, 5) is 12.6. The maximum Gasteiger partial charge on any atom is 0.246 e. The van der Waals surface area contributed by atoms with E-state index in [0.29, 0.717) is 19.7 Å². The molecule has 0 aromatic carbocycles. The number of carbonyl (C=O) groups is 1. The molecule has 0 N–H and O–H groups in total. The van der Waals surface area contributed by atoms with Gasteiger partial charge in [0, 0.05) is 12.6 Å². The molecule has 0 saturated heterocycles. The van der Waals surface area contributed by atoms with E-state index in [4.69, 9.17) is 4.74 Å². The minimum atomic E-state index is 0.0673. The Balaban J connectivity index is 2.17. The molecule has 11 heavy (non-hydrogen) atoms. The van der Waals surface area contributed by atoms with Crippen molar-refractivity contribution in [2.45, 2.75) is 0 Å². The zero-order chi connectivity index (χ0) is 8.10. The van der Waals surface area contributed by atoms with Crippen molar-refractivity contribution in [2.24, 2.45) is 0 Å². The fourth-order valence-electron chi connectivity index (χ4n) is 0.924. The second kappa shape index (κ2) is 3.81. The van der Waals surface area contributed by atoms with Gasteiger partial charge in [0.25, 0.3) is 0 Å². The van der Waals surface area contributed by atoms with Gasteiger partial charge in [0.2, 0.25) is 5.91 Å². The summed E-state index contributed by atoms with van der Waals surface area (Å²) in [5.41, 5.74) is 0. The van der Waals surface area contributed by atoms with Gasteiger partial charge < -0.3 is 9.64 Å². The van der Waals surface area contributed by atoms with Crippen LogP contribution < -0.4 is 0 Å². The quantitative estimate of drug-likeness (QED) is 0.436. The first kappa shape index (κ1) is 7.85. The fraction of sp³-hybridized carbons (Fsp3) is 0.375. The van der Waals surface area contributed by atoms with Crippen LogP contribution in [0.3, 0.4) is 0 Å². The normalized spacial score (nSPS) is 15.6. The van der Waals surface area contributed by atoms with Gasteiger partial charge in [-0.15, -0.1) is 0 Å². The molecular formula is C8H11NO2. The lowest BCUT2D eigenvalue weighted by Crippen LogP contribution is -2.28. The Bertz CT molecular complexity index is 187. The Morgan fingerprint density at radius 3 is 3.18 bits per heavy atom. The van der Waals surface area contributed by atoms with Crippen LogP contribution in [0.1, 0.15) is 0 Å². The molecule has 3 nitrogen and oxygen atoms in total. The van der Waals surface area contributed by atoms with Gasteiger partial charge in [0.05, 0.1) is 12.8 Å². The van der Waals surface area contributed by atoms with Gasteiger partial charge >= 0.3 is 0 Å². The minimum absolute atomic E-state index is 0.0673. The van der Waals surface area contributed by atoms with Crippen LogP contribution in [0.15, 0.2) is 25.0 Å². The van der Waals surface area contributed by atoms with Crippen molar-refractivity contribution >= 4 is 5.91 Å². The number of hydrogen-bond donors (Lipinski definition) is 0. The molecule has 0 aromatic heterocycles. The van der Waals surface area contributed by atoms with Crippen LogP contribution in [0.25, 0.3) is 0 Å². The van der Waals surface area contributed by atoms with E-state index >= 15 is 0 Å². The summed E-state index contributed by atoms with van der Waals surface area (Å²) in [5.74, 6) is 0.0673. The molecule has 1 heterocycles. The zero-order valence-electron chi connectivity index (χ0n) is 6.32. The first-order valence-corrected chi connectivity index (χ1v) is 3.52. The molecule has 0 aliphatic carbocycles. The maximum atomic E-state index is 10.9. The van der Waals surface area contributed by atoms with E-state index in [1.165, 1.54) is 6.26 Å². The van der Waals surface area contributed by atoms with Gasteiger partial charge in [-0.2, -0.15) is 0 Å². The standard InChI is InChI=1S/C8H11NO2/c1-2-11-7-6-9-5-3-4-8(9)10/h2-4H,1,5-7H2. The summed E-state index contributed by atoms with van der Waals surface area (Å²) in [6, 6.07) is 0. The van der Waals surface area contributed by atoms with E-state index in [-0.39, 0.29) is 5.91 Å². The highest BCUT2D eigenvalue weighted by Gasteiger charge is 2.12. The Morgan fingerprint density at radius 1 is 1.82 bits per heavy atom. The van der Waals surface area contributed by atoms with Gasteiger partial charge in [-0.1, -0.05) is 12.7 Å². The summed E-state index contributed by atoms with van der Waals surface area (Å²) >= 11 is 0. The maximum absolute atomic E-state index is 10.9. The molecule has 0 unspecified atom stereocenters. The molecular weight excluding hydrogens is 142 g/mol. The smallest absolute Gasteiger partial charge is 0.246 e. The van der Waals surface area contributed by atoms with Crippen LogP contribution in [0.2, 0.25) is 0 Å². The van der Waals surface area contributed by atoms with E-state index in [0.717, 1.165) is 0 Å². The summed E-state index contributed by atoms with van der Waals surface area (Å²) in [7, 11) is 0. The van der Waals surface area contributed by atoms with Gasteiger partial charge in [0.1, 0.15) is 6.61 Å². The second-order valence-corrected chi connectivity index (χ2v) is 2.22. The van der Waals surface area contributed by atoms with Gasteiger partial charge in [-0.05, 0) is 0 Å². The van der Waals surface area contributed by atoms with Crippen molar-refractivity contribution in [3.05, 3.63) is 25.0 Å². The summed E-state index contributed by atoms with van der Waals surface area (Å²) < 4.78 is 4.89. The molecule has 0 aromatic rings. The topological polar surface area (TPSA) is 29.5 Å². The molecule has 1 aliphatic heterocycles. The number of rotatable bonds is 4. The molecule has 1 aliphatic rings. The van der Waals surface area contributed by atoms with Crippen molar-refractivity contribution < 1.29 is 9.53 Å². The largest absolute Gasteiger partial charge is 0.500 e. The number of carbonyl (C=O) groups excluding carboxylic acids is 1. The average Bonchev–Trinajstić information content (AvgIpc) is 2.37. The van der Waals surface area contributed by atoms with Crippen molar-refractivity contribution in [1.82, 2.24) is 4.90 Å². The lowest BCUT2D eigenvalue weighted by Gasteiger charge is -2.14. The van der Waals surface area contributed by atoms with Crippen LogP contribution in [0.4, 0.5) is 0 Å². The molecule has 0 fully saturated rings. The van der Waals surface area contributed by atoms with Crippen molar-refractivity contribution in [3.8, 4) is 0 Å². The van der Waals surface area contributed by atoms with Gasteiger partial charge in [-0.3, -0.25) is 4.79 Å². The third kappa shape index (κ3) is 2.11. The molecule has 60 valence electrons. The first-order valence-electron chi connectivity index (χ1n) is 3.52. The van der Waals surface area contributed by atoms with Crippen LogP contribution in [-0.4, -0.2) is 30.5 Å². The highest BCUT2D eigenvalue weighted by Crippen LogP contribution is 1.99. The molecule has 0 radical (unpaired) electrons. The Kier molecular flexibility index (Phi) is 2.72. The molecule has 0 bridgehead atoms. The number of hydrogen-bond acceptors (Lipinski definition) is 2. The monoisotopic (exact) mass is 153 g/mol. The molecule has 0 saturated carbocycles. The lowest BCUT2D eigenvalue weighted by molar-refractivity contribution is -0.124. The van der Waals surface area contributed by atoms with Crippen molar-refractivity contribution in [2.75, 3.05) is 19.7 Å². The molecule has 1 rings (SSSR count). The average molecular weight is 153 g/mol. The first-order chi connectivity index (χ1) is 5.34. The van der Waals surface area contributed by atoms with E-state index in [2.05, 4.69) is 6.58 Å². The van der Waals surface area contributed by atoms with E-state index in [1.807, 2.05) is 6.08 Å². The van der Waals surface area contributed by atoms with Crippen LogP contribution >= 0.6 is 0 Å². The third-order valence-corrected chi connectivity index (χ3v) is 1.49. The highest BCUT2D eigenvalue weighted by atomic mass is 16.5. The molecule has 1 amide bonds. The number of nitrogens with zero attached hydrogens (tertiary/aromatic N) is 1. The minimum Gasteiger partial charge on any atom is -0.500 e. The Labute approximate surface area is 65.9 Å². The Morgan fingerprint density at radius 2 is 2.64 bits per heavy atom. The SMILES string of the molecule is C=COCCN1CC=CC1=O. The molecule has 3 heteroatoms. The third-order valence-electron chi connectivity index (χ3n) is 1.49. The van der Waals surface area contributed by atoms with Crippen LogP contribution in [0, 0.1) is 0 Å². The molecule has 0 spiro atoms. The van der Waals surface area contributed by atoms with Crippen LogP contribution in [-0.2, 0) is 9.53 Å². The highest BCUT2D eigenvalue weighted by molar-refractivity contribution is 5.89. The number of ether oxygens (including phenoxy) is 1. The fourth-order valence-corrected chi connectivity index (χ4v) is 0.924. The van der Waals surface area contributed by atoms with E-state index < -0.39 is 0 Å². The van der Waals surface area contributed by atoms with Gasteiger partial charge in [-0.25, -0.2) is 0 Å².